The third-order valence-corrected chi connectivity index (χ3v) is 3.57. The Kier molecular flexibility index (Phi) is 6.70. The molecule has 0 radical (unpaired) electrons. The van der Waals surface area contributed by atoms with Crippen molar-refractivity contribution in [2.45, 2.75) is 19.4 Å². The number of hydrogen-bond acceptors (Lipinski definition) is 5. The molecule has 1 unspecified atom stereocenters. The Hall–Kier alpha value is -3.16. The molecule has 1 heterocycles. The second-order valence-electron chi connectivity index (χ2n) is 5.47. The molecule has 0 bridgehead atoms. The molecule has 2 aromatic rings. The van der Waals surface area contributed by atoms with E-state index in [2.05, 4.69) is 25.9 Å². The molecule has 1 aromatic heterocycles. The van der Waals surface area contributed by atoms with Crippen LogP contribution in [0.15, 0.2) is 42.7 Å². The number of rotatable bonds is 8. The highest BCUT2D eigenvalue weighted by atomic mass is 16.2. The van der Waals surface area contributed by atoms with Crippen LogP contribution in [0.25, 0.3) is 0 Å². The predicted octanol–water partition coefficient (Wildman–Crippen LogP) is 1.11. The Morgan fingerprint density at radius 3 is 2.52 bits per heavy atom. The lowest BCUT2D eigenvalue weighted by Gasteiger charge is -2.19. The topological polar surface area (TPSA) is 122 Å². The first kappa shape index (κ1) is 18.2. The number of urea groups is 1. The van der Waals surface area contributed by atoms with Crippen LogP contribution in [0.5, 0.6) is 0 Å². The summed E-state index contributed by atoms with van der Waals surface area (Å²) in [6.45, 7) is 2.83. The predicted molar refractivity (Wildman–Crippen MR) is 94.8 cm³/mol. The lowest BCUT2D eigenvalue weighted by Crippen LogP contribution is -2.37. The molecule has 1 aromatic carbocycles. The molecule has 2 rings (SSSR count). The summed E-state index contributed by atoms with van der Waals surface area (Å²) in [4.78, 5) is 31.5. The van der Waals surface area contributed by atoms with Gasteiger partial charge in [0.05, 0.1) is 12.5 Å². The number of nitrogens with two attached hydrogens (primary N) is 1. The van der Waals surface area contributed by atoms with Gasteiger partial charge in [0.15, 0.2) is 0 Å². The van der Waals surface area contributed by atoms with E-state index in [1.54, 1.807) is 18.5 Å². The monoisotopic (exact) mass is 342 g/mol. The summed E-state index contributed by atoms with van der Waals surface area (Å²) in [5.41, 5.74) is 7.09. The molecule has 5 N–H and O–H groups in total. The minimum Gasteiger partial charge on any atom is -0.354 e. The van der Waals surface area contributed by atoms with Crippen molar-refractivity contribution >= 4 is 17.9 Å². The third kappa shape index (κ3) is 6.09. The number of aryl methyl sites for hydroxylation is 1. The quantitative estimate of drug-likeness (QED) is 0.535. The molecule has 0 aliphatic carbocycles. The normalized spacial score (nSPS) is 11.4. The maximum atomic E-state index is 12.2. The van der Waals surface area contributed by atoms with E-state index in [0.29, 0.717) is 19.0 Å². The maximum absolute atomic E-state index is 12.2. The van der Waals surface area contributed by atoms with Crippen molar-refractivity contribution in [3.8, 4) is 0 Å². The van der Waals surface area contributed by atoms with Gasteiger partial charge in [-0.25, -0.2) is 14.8 Å². The van der Waals surface area contributed by atoms with E-state index >= 15 is 0 Å². The first-order valence-electron chi connectivity index (χ1n) is 7.95. The molecule has 0 saturated carbocycles. The van der Waals surface area contributed by atoms with E-state index in [0.717, 1.165) is 11.1 Å². The van der Waals surface area contributed by atoms with Gasteiger partial charge < -0.3 is 21.7 Å². The van der Waals surface area contributed by atoms with E-state index in [1.807, 2.05) is 31.2 Å². The molecule has 1 atom stereocenters. The minimum atomic E-state index is -0.663. The number of carbonyl (C=O) groups excluding carboxylic acids is 2. The Morgan fingerprint density at radius 2 is 1.84 bits per heavy atom. The largest absolute Gasteiger partial charge is 0.354 e. The van der Waals surface area contributed by atoms with Gasteiger partial charge in [-0.3, -0.25) is 4.79 Å². The van der Waals surface area contributed by atoms with Crippen molar-refractivity contribution in [2.24, 2.45) is 5.73 Å². The molecule has 0 aliphatic heterocycles. The van der Waals surface area contributed by atoms with E-state index in [9.17, 15) is 9.59 Å². The zero-order valence-corrected chi connectivity index (χ0v) is 14.0. The zero-order chi connectivity index (χ0) is 18.1. The summed E-state index contributed by atoms with van der Waals surface area (Å²) >= 11 is 0. The molecule has 0 fully saturated rings. The summed E-state index contributed by atoms with van der Waals surface area (Å²) in [7, 11) is 0. The Bertz CT molecular complexity index is 707. The molecule has 25 heavy (non-hydrogen) atoms. The second kappa shape index (κ2) is 9.21. The number of primary amides is 1. The molecule has 0 saturated heterocycles. The van der Waals surface area contributed by atoms with Crippen molar-refractivity contribution in [2.75, 3.05) is 18.4 Å². The van der Waals surface area contributed by atoms with Crippen LogP contribution in [-0.2, 0) is 4.79 Å². The molecule has 8 nitrogen and oxygen atoms in total. The number of benzene rings is 1. The Balaban J connectivity index is 1.85. The van der Waals surface area contributed by atoms with E-state index in [-0.39, 0.29) is 12.3 Å². The summed E-state index contributed by atoms with van der Waals surface area (Å²) in [5, 5.41) is 8.42. The Morgan fingerprint density at radius 1 is 1.12 bits per heavy atom. The molecule has 0 aliphatic rings. The summed E-state index contributed by atoms with van der Waals surface area (Å²) in [6, 6.07) is 8.15. The molecule has 0 spiro atoms. The lowest BCUT2D eigenvalue weighted by atomic mass is 9.98. The van der Waals surface area contributed by atoms with Crippen molar-refractivity contribution in [3.05, 3.63) is 53.9 Å². The molecular weight excluding hydrogens is 320 g/mol. The average molecular weight is 342 g/mol. The van der Waals surface area contributed by atoms with Gasteiger partial charge in [0.2, 0.25) is 11.9 Å². The van der Waals surface area contributed by atoms with Gasteiger partial charge in [-0.05, 0) is 24.1 Å². The van der Waals surface area contributed by atoms with Crippen LogP contribution in [0.2, 0.25) is 0 Å². The van der Waals surface area contributed by atoms with Gasteiger partial charge in [-0.15, -0.1) is 0 Å². The fourth-order valence-corrected chi connectivity index (χ4v) is 2.41. The minimum absolute atomic E-state index is 0.107. The highest BCUT2D eigenvalue weighted by molar-refractivity contribution is 5.78. The van der Waals surface area contributed by atoms with E-state index in [4.69, 9.17) is 5.73 Å². The highest BCUT2D eigenvalue weighted by Gasteiger charge is 2.18. The van der Waals surface area contributed by atoms with E-state index < -0.39 is 12.1 Å². The fraction of sp³-hybridized carbons (Fsp3) is 0.294. The molecular formula is C17H22N6O2. The maximum Gasteiger partial charge on any atom is 0.312 e. The number of amides is 3. The summed E-state index contributed by atoms with van der Waals surface area (Å²) in [6.07, 6.45) is 3.38. The van der Waals surface area contributed by atoms with Crippen LogP contribution in [0.4, 0.5) is 10.7 Å². The average Bonchev–Trinajstić information content (AvgIpc) is 2.59. The summed E-state index contributed by atoms with van der Waals surface area (Å²) in [5.74, 6) is 0.322. The van der Waals surface area contributed by atoms with Crippen molar-refractivity contribution < 1.29 is 9.59 Å². The zero-order valence-electron chi connectivity index (χ0n) is 14.0. The number of carbonyl (C=O) groups is 2. The number of nitrogens with one attached hydrogen (secondary N) is 3. The van der Waals surface area contributed by atoms with Crippen molar-refractivity contribution in [3.63, 3.8) is 0 Å². The third-order valence-electron chi connectivity index (χ3n) is 3.57. The van der Waals surface area contributed by atoms with Gasteiger partial charge in [0.1, 0.15) is 0 Å². The van der Waals surface area contributed by atoms with E-state index in [1.165, 1.54) is 0 Å². The van der Waals surface area contributed by atoms with Crippen LogP contribution in [-0.4, -0.2) is 35.0 Å². The SMILES string of the molecule is Cc1ccccc1C(CC(=O)NCCNc1ncccn1)NC(N)=O. The van der Waals surface area contributed by atoms with Gasteiger partial charge >= 0.3 is 6.03 Å². The number of aromatic nitrogens is 2. The summed E-state index contributed by atoms with van der Waals surface area (Å²) < 4.78 is 0. The van der Waals surface area contributed by atoms with Gasteiger partial charge in [-0.1, -0.05) is 24.3 Å². The van der Waals surface area contributed by atoms with Crippen molar-refractivity contribution in [1.29, 1.82) is 0 Å². The van der Waals surface area contributed by atoms with Crippen LogP contribution < -0.4 is 21.7 Å². The van der Waals surface area contributed by atoms with Crippen LogP contribution in [0.3, 0.4) is 0 Å². The van der Waals surface area contributed by atoms with Crippen LogP contribution in [0, 0.1) is 6.92 Å². The van der Waals surface area contributed by atoms with Crippen LogP contribution >= 0.6 is 0 Å². The van der Waals surface area contributed by atoms with Gasteiger partial charge in [-0.2, -0.15) is 0 Å². The van der Waals surface area contributed by atoms with Gasteiger partial charge in [0, 0.05) is 25.5 Å². The standard InChI is InChI=1S/C17H22N6O2/c1-12-5-2-3-6-13(12)14(23-16(18)25)11-15(24)19-9-10-22-17-20-7-4-8-21-17/h2-8,14H,9-11H2,1H3,(H,19,24)(H3,18,23,25)(H,20,21,22). The second-order valence-corrected chi connectivity index (χ2v) is 5.47. The first-order valence-corrected chi connectivity index (χ1v) is 7.95. The Labute approximate surface area is 146 Å². The van der Waals surface area contributed by atoms with Crippen LogP contribution in [0.1, 0.15) is 23.6 Å². The fourth-order valence-electron chi connectivity index (χ4n) is 2.41. The highest BCUT2D eigenvalue weighted by Crippen LogP contribution is 2.20. The smallest absolute Gasteiger partial charge is 0.312 e. The number of hydrogen-bond donors (Lipinski definition) is 4. The van der Waals surface area contributed by atoms with Gasteiger partial charge in [0.25, 0.3) is 0 Å². The number of anilines is 1. The lowest BCUT2D eigenvalue weighted by molar-refractivity contribution is -0.121. The van der Waals surface area contributed by atoms with Crippen molar-refractivity contribution in [1.82, 2.24) is 20.6 Å². The molecule has 8 heteroatoms. The molecule has 132 valence electrons. The first-order chi connectivity index (χ1) is 12.1. The number of nitrogens with zero attached hydrogens (tertiary/aromatic N) is 2. The molecule has 3 amide bonds.